The maximum atomic E-state index is 11.5. The Morgan fingerprint density at radius 3 is 1.61 bits per heavy atom. The SMILES string of the molecule is CCCCCCCCOc1ccc(C2CCCN(CCCC(=O)OCC)C2)cc1.CCCCCCCCOc1ccc(C2CCCNC2)cc1.CCOC(=O)CCCBr. The van der Waals surface area contributed by atoms with Crippen molar-refractivity contribution in [2.24, 2.45) is 0 Å². The van der Waals surface area contributed by atoms with Crippen LogP contribution in [0.3, 0.4) is 0 Å². The number of hydrogen-bond donors (Lipinski definition) is 1. The van der Waals surface area contributed by atoms with Crippen molar-refractivity contribution in [2.45, 2.75) is 168 Å². The number of benzene rings is 2. The van der Waals surface area contributed by atoms with Crippen molar-refractivity contribution in [1.29, 1.82) is 0 Å². The number of carbonyl (C=O) groups excluding carboxylic acids is 2. The Hall–Kier alpha value is -2.62. The average molecular weight is 888 g/mol. The number of esters is 2. The quantitative estimate of drug-likeness (QED) is 0.0539. The number of likely N-dealkylation sites (tertiary alicyclic amines) is 1. The Balaban J connectivity index is 0.000000348. The number of nitrogens with one attached hydrogen (secondary N) is 1. The lowest BCUT2D eigenvalue weighted by atomic mass is 9.90. The minimum absolute atomic E-state index is 0.0717. The number of alkyl halides is 1. The van der Waals surface area contributed by atoms with Gasteiger partial charge < -0.3 is 29.2 Å². The zero-order chi connectivity index (χ0) is 42.6. The van der Waals surface area contributed by atoms with Gasteiger partial charge in [-0.1, -0.05) is 118 Å². The molecule has 9 heteroatoms. The van der Waals surface area contributed by atoms with Crippen molar-refractivity contribution < 1.29 is 28.5 Å². The summed E-state index contributed by atoms with van der Waals surface area (Å²) in [4.78, 5) is 24.6. The lowest BCUT2D eigenvalue weighted by Gasteiger charge is -2.33. The van der Waals surface area contributed by atoms with Crippen molar-refractivity contribution in [3.05, 3.63) is 59.7 Å². The molecule has 8 nitrogen and oxygen atoms in total. The van der Waals surface area contributed by atoms with E-state index >= 15 is 0 Å². The highest BCUT2D eigenvalue weighted by atomic mass is 79.9. The highest BCUT2D eigenvalue weighted by Gasteiger charge is 2.21. The van der Waals surface area contributed by atoms with Gasteiger partial charge in [0.15, 0.2) is 0 Å². The Morgan fingerprint density at radius 1 is 0.627 bits per heavy atom. The maximum Gasteiger partial charge on any atom is 0.305 e. The van der Waals surface area contributed by atoms with Gasteiger partial charge in [0.2, 0.25) is 0 Å². The standard InChI is InChI=1S/C25H41NO3.C19H31NO.C6H11BrO2/c1-3-5-6-7-8-9-20-29-24-16-14-22(15-17-24)23-12-10-18-26(21-23)19-11-13-25(27)28-4-2;1-2-3-4-5-6-7-15-21-19-12-10-17(11-13-19)18-9-8-14-20-16-18;1-2-9-6(8)4-3-5-7/h14-17,23H,3-13,18-21H2,1-2H3;10-13,18,20H,2-9,14-16H2,1H3;2-5H2,1H3. The minimum Gasteiger partial charge on any atom is -0.494 e. The molecule has 2 aliphatic heterocycles. The van der Waals surface area contributed by atoms with Crippen LogP contribution < -0.4 is 14.8 Å². The molecule has 2 atom stereocenters. The highest BCUT2D eigenvalue weighted by Crippen LogP contribution is 2.29. The summed E-state index contributed by atoms with van der Waals surface area (Å²) in [6.45, 7) is 16.3. The summed E-state index contributed by atoms with van der Waals surface area (Å²) in [6.07, 6.45) is 23.5. The number of unbranched alkanes of at least 4 members (excludes halogenated alkanes) is 10. The van der Waals surface area contributed by atoms with Gasteiger partial charge in [-0.05, 0) is 132 Å². The van der Waals surface area contributed by atoms with Crippen molar-refractivity contribution in [3.63, 3.8) is 0 Å². The van der Waals surface area contributed by atoms with Crippen LogP contribution in [-0.4, -0.2) is 81.3 Å². The summed E-state index contributed by atoms with van der Waals surface area (Å²) in [6, 6.07) is 17.5. The first-order valence-corrected chi connectivity index (χ1v) is 24.8. The fourth-order valence-corrected chi connectivity index (χ4v) is 7.89. The number of halogens is 1. The highest BCUT2D eigenvalue weighted by molar-refractivity contribution is 9.09. The van der Waals surface area contributed by atoms with Gasteiger partial charge >= 0.3 is 11.9 Å². The van der Waals surface area contributed by atoms with Gasteiger partial charge in [-0.15, -0.1) is 0 Å². The number of piperidine rings is 2. The molecule has 0 aliphatic carbocycles. The van der Waals surface area contributed by atoms with Gasteiger partial charge in [0.1, 0.15) is 11.5 Å². The van der Waals surface area contributed by atoms with Gasteiger partial charge in [0, 0.05) is 31.3 Å². The van der Waals surface area contributed by atoms with Gasteiger partial charge in [-0.25, -0.2) is 0 Å². The summed E-state index contributed by atoms with van der Waals surface area (Å²) < 4.78 is 21.5. The van der Waals surface area contributed by atoms with E-state index in [1.54, 1.807) is 0 Å². The van der Waals surface area contributed by atoms with Crippen molar-refractivity contribution in [2.75, 3.05) is 64.5 Å². The third kappa shape index (κ3) is 26.4. The van der Waals surface area contributed by atoms with E-state index in [0.29, 0.717) is 37.9 Å². The first-order chi connectivity index (χ1) is 28.9. The van der Waals surface area contributed by atoms with Crippen LogP contribution in [0, 0.1) is 0 Å². The van der Waals surface area contributed by atoms with Crippen LogP contribution in [0.4, 0.5) is 0 Å². The van der Waals surface area contributed by atoms with E-state index in [9.17, 15) is 9.59 Å². The third-order valence-electron chi connectivity index (χ3n) is 11.0. The predicted molar refractivity (Wildman–Crippen MR) is 249 cm³/mol. The second-order valence-electron chi connectivity index (χ2n) is 16.1. The van der Waals surface area contributed by atoms with Gasteiger partial charge in [-0.2, -0.15) is 0 Å². The lowest BCUT2D eigenvalue weighted by Crippen LogP contribution is -2.35. The van der Waals surface area contributed by atoms with E-state index in [4.69, 9.17) is 14.2 Å². The monoisotopic (exact) mass is 887 g/mol. The number of nitrogens with zero attached hydrogens (tertiary/aromatic N) is 1. The number of hydrogen-bond acceptors (Lipinski definition) is 8. The summed E-state index contributed by atoms with van der Waals surface area (Å²) >= 11 is 3.22. The second-order valence-corrected chi connectivity index (χ2v) is 16.9. The molecule has 2 fully saturated rings. The predicted octanol–water partition coefficient (Wildman–Crippen LogP) is 12.6. The van der Waals surface area contributed by atoms with E-state index in [0.717, 1.165) is 75.5 Å². The molecule has 1 N–H and O–H groups in total. The molecule has 59 heavy (non-hydrogen) atoms. The fourth-order valence-electron chi connectivity index (χ4n) is 7.61. The van der Waals surface area contributed by atoms with E-state index < -0.39 is 0 Å². The van der Waals surface area contributed by atoms with E-state index in [2.05, 4.69) is 93.3 Å². The molecule has 0 bridgehead atoms. The molecule has 2 saturated heterocycles. The fraction of sp³-hybridized carbons (Fsp3) is 0.720. The summed E-state index contributed by atoms with van der Waals surface area (Å²) in [5.41, 5.74) is 2.86. The number of ether oxygens (including phenoxy) is 4. The van der Waals surface area contributed by atoms with E-state index in [1.165, 1.54) is 114 Å². The molecule has 2 heterocycles. The molecular formula is C50H83BrN2O6. The Bertz CT molecular complexity index is 1290. The van der Waals surface area contributed by atoms with Gasteiger partial charge in [0.05, 0.1) is 26.4 Å². The first-order valence-electron chi connectivity index (χ1n) is 23.7. The Morgan fingerprint density at radius 2 is 1.12 bits per heavy atom. The summed E-state index contributed by atoms with van der Waals surface area (Å²) in [5.74, 6) is 3.11. The molecule has 0 aromatic heterocycles. The van der Waals surface area contributed by atoms with Gasteiger partial charge in [-0.3, -0.25) is 9.59 Å². The minimum atomic E-state index is -0.100. The van der Waals surface area contributed by atoms with Crippen molar-refractivity contribution >= 4 is 27.9 Å². The molecule has 0 amide bonds. The molecule has 0 saturated carbocycles. The molecule has 2 aromatic rings. The number of rotatable bonds is 27. The van der Waals surface area contributed by atoms with Crippen LogP contribution in [0.5, 0.6) is 11.5 Å². The van der Waals surface area contributed by atoms with Crippen LogP contribution in [-0.2, 0) is 19.1 Å². The maximum absolute atomic E-state index is 11.5. The smallest absolute Gasteiger partial charge is 0.305 e. The molecule has 0 spiro atoms. The van der Waals surface area contributed by atoms with Crippen LogP contribution in [0.2, 0.25) is 0 Å². The summed E-state index contributed by atoms with van der Waals surface area (Å²) in [5, 5.41) is 4.35. The first kappa shape index (κ1) is 52.5. The van der Waals surface area contributed by atoms with Crippen LogP contribution in [0.15, 0.2) is 48.5 Å². The lowest BCUT2D eigenvalue weighted by molar-refractivity contribution is -0.144. The molecule has 336 valence electrons. The molecular weight excluding hydrogens is 804 g/mol. The van der Waals surface area contributed by atoms with E-state index in [1.807, 2.05) is 13.8 Å². The molecule has 2 aromatic carbocycles. The zero-order valence-electron chi connectivity index (χ0n) is 37.8. The molecule has 2 unspecified atom stereocenters. The van der Waals surface area contributed by atoms with Crippen LogP contribution >= 0.6 is 15.9 Å². The molecule has 2 aliphatic rings. The van der Waals surface area contributed by atoms with Crippen molar-refractivity contribution in [1.82, 2.24) is 10.2 Å². The Labute approximate surface area is 368 Å². The largest absolute Gasteiger partial charge is 0.494 e. The molecule has 0 radical (unpaired) electrons. The van der Waals surface area contributed by atoms with Crippen LogP contribution in [0.1, 0.15) is 179 Å². The second kappa shape index (κ2) is 36.1. The van der Waals surface area contributed by atoms with Crippen molar-refractivity contribution in [3.8, 4) is 11.5 Å². The number of carbonyl (C=O) groups is 2. The Kier molecular flexibility index (Phi) is 32.1. The summed E-state index contributed by atoms with van der Waals surface area (Å²) in [7, 11) is 0. The van der Waals surface area contributed by atoms with E-state index in [-0.39, 0.29) is 11.9 Å². The zero-order valence-corrected chi connectivity index (χ0v) is 39.3. The molecule has 4 rings (SSSR count). The van der Waals surface area contributed by atoms with Gasteiger partial charge in [0.25, 0.3) is 0 Å². The third-order valence-corrected chi connectivity index (χ3v) is 11.6. The average Bonchev–Trinajstić information content (AvgIpc) is 3.26. The topological polar surface area (TPSA) is 86.3 Å². The van der Waals surface area contributed by atoms with Crippen LogP contribution in [0.25, 0.3) is 0 Å². The normalized spacial score (nSPS) is 16.5.